The first-order valence-corrected chi connectivity index (χ1v) is 5.47. The number of benzene rings is 1. The van der Waals surface area contributed by atoms with E-state index in [2.05, 4.69) is 5.18 Å². The number of nitrogens with zero attached hydrogens (tertiary/aromatic N) is 2. The summed E-state index contributed by atoms with van der Waals surface area (Å²) in [5, 5.41) is 2.67. The van der Waals surface area contributed by atoms with Gasteiger partial charge in [-0.1, -0.05) is 18.2 Å². The maximum atomic E-state index is 11.9. The van der Waals surface area contributed by atoms with Crippen molar-refractivity contribution in [2.24, 2.45) is 5.18 Å². The highest BCUT2D eigenvalue weighted by atomic mass is 16.3. The zero-order valence-corrected chi connectivity index (χ0v) is 9.47. The number of imide groups is 1. The van der Waals surface area contributed by atoms with E-state index in [1.165, 1.54) is 0 Å². The second-order valence-corrected chi connectivity index (χ2v) is 3.85. The molecule has 0 spiro atoms. The van der Waals surface area contributed by atoms with E-state index in [9.17, 15) is 14.5 Å². The summed E-state index contributed by atoms with van der Waals surface area (Å²) in [6, 6.07) is 5.25. The van der Waals surface area contributed by atoms with Gasteiger partial charge in [-0.05, 0) is 24.1 Å². The SMILES string of the molecule is CCc1ccc2c(c1)C(=O)N(CCN=O)C2=O. The molecule has 2 rings (SSSR count). The van der Waals surface area contributed by atoms with Crippen molar-refractivity contribution in [3.05, 3.63) is 39.8 Å². The Labute approximate surface area is 98.4 Å². The van der Waals surface area contributed by atoms with E-state index < -0.39 is 0 Å². The Morgan fingerprint density at radius 3 is 2.53 bits per heavy atom. The molecule has 1 aliphatic rings. The summed E-state index contributed by atoms with van der Waals surface area (Å²) in [6.07, 6.45) is 0.810. The molecule has 0 atom stereocenters. The van der Waals surface area contributed by atoms with E-state index in [-0.39, 0.29) is 24.9 Å². The third kappa shape index (κ3) is 1.84. The molecule has 1 aromatic rings. The standard InChI is InChI=1S/C12H12N2O3/c1-2-8-3-4-9-10(7-8)12(16)14(11(9)15)6-5-13-17/h3-4,7H,2,5-6H2,1H3. The van der Waals surface area contributed by atoms with Crippen LogP contribution in [-0.2, 0) is 6.42 Å². The van der Waals surface area contributed by atoms with Gasteiger partial charge in [0.05, 0.1) is 24.2 Å². The van der Waals surface area contributed by atoms with Crippen molar-refractivity contribution in [1.82, 2.24) is 4.90 Å². The van der Waals surface area contributed by atoms with Gasteiger partial charge in [0.1, 0.15) is 0 Å². The summed E-state index contributed by atoms with van der Waals surface area (Å²) in [5.74, 6) is -0.666. The van der Waals surface area contributed by atoms with E-state index in [0.717, 1.165) is 16.9 Å². The van der Waals surface area contributed by atoms with Crippen LogP contribution in [0.5, 0.6) is 0 Å². The maximum Gasteiger partial charge on any atom is 0.261 e. The molecular formula is C12H12N2O3. The topological polar surface area (TPSA) is 66.8 Å². The van der Waals surface area contributed by atoms with Gasteiger partial charge in [0.2, 0.25) is 0 Å². The number of amides is 2. The van der Waals surface area contributed by atoms with Crippen LogP contribution in [0, 0.1) is 4.91 Å². The van der Waals surface area contributed by atoms with Gasteiger partial charge in [-0.15, -0.1) is 0 Å². The van der Waals surface area contributed by atoms with Crippen molar-refractivity contribution in [2.45, 2.75) is 13.3 Å². The monoisotopic (exact) mass is 232 g/mol. The Kier molecular flexibility index (Phi) is 2.99. The van der Waals surface area contributed by atoms with Crippen LogP contribution < -0.4 is 0 Å². The van der Waals surface area contributed by atoms with Crippen molar-refractivity contribution in [3.8, 4) is 0 Å². The third-order valence-electron chi connectivity index (χ3n) is 2.86. The average molecular weight is 232 g/mol. The van der Waals surface area contributed by atoms with Crippen LogP contribution in [0.3, 0.4) is 0 Å². The molecule has 88 valence electrons. The predicted octanol–water partition coefficient (Wildman–Crippen LogP) is 1.61. The fraction of sp³-hybridized carbons (Fsp3) is 0.333. The van der Waals surface area contributed by atoms with Gasteiger partial charge in [-0.3, -0.25) is 14.5 Å². The number of carbonyl (C=O) groups is 2. The molecule has 1 aromatic carbocycles. The quantitative estimate of drug-likeness (QED) is 0.585. The zero-order chi connectivity index (χ0) is 12.4. The Morgan fingerprint density at radius 2 is 1.88 bits per heavy atom. The molecule has 5 heteroatoms. The van der Waals surface area contributed by atoms with Crippen LogP contribution in [0.2, 0.25) is 0 Å². The molecule has 5 nitrogen and oxygen atoms in total. The number of aryl methyl sites for hydroxylation is 1. The minimum Gasteiger partial charge on any atom is -0.272 e. The number of hydrogen-bond donors (Lipinski definition) is 0. The summed E-state index contributed by atoms with van der Waals surface area (Å²) in [4.78, 5) is 34.9. The molecule has 0 fully saturated rings. The van der Waals surface area contributed by atoms with Gasteiger partial charge in [0.25, 0.3) is 11.8 Å². The van der Waals surface area contributed by atoms with E-state index in [4.69, 9.17) is 0 Å². The van der Waals surface area contributed by atoms with Gasteiger partial charge >= 0.3 is 0 Å². The minimum absolute atomic E-state index is 0.0529. The molecular weight excluding hydrogens is 220 g/mol. The van der Waals surface area contributed by atoms with Crippen molar-refractivity contribution < 1.29 is 9.59 Å². The van der Waals surface area contributed by atoms with Crippen molar-refractivity contribution in [1.29, 1.82) is 0 Å². The molecule has 0 aromatic heterocycles. The highest BCUT2D eigenvalue weighted by Crippen LogP contribution is 2.23. The van der Waals surface area contributed by atoms with Crippen LogP contribution in [0.15, 0.2) is 23.4 Å². The smallest absolute Gasteiger partial charge is 0.261 e. The second kappa shape index (κ2) is 4.45. The Morgan fingerprint density at radius 1 is 1.18 bits per heavy atom. The number of fused-ring (bicyclic) bond motifs is 1. The summed E-state index contributed by atoms with van der Waals surface area (Å²) in [7, 11) is 0. The molecule has 0 saturated heterocycles. The molecule has 0 N–H and O–H groups in total. The lowest BCUT2D eigenvalue weighted by molar-refractivity contribution is 0.0659. The Balaban J connectivity index is 2.35. The molecule has 0 saturated carbocycles. The van der Waals surface area contributed by atoms with E-state index >= 15 is 0 Å². The van der Waals surface area contributed by atoms with Crippen LogP contribution in [0.4, 0.5) is 0 Å². The fourth-order valence-electron chi connectivity index (χ4n) is 1.90. The number of nitroso groups, excluding NO2 is 1. The van der Waals surface area contributed by atoms with Crippen LogP contribution in [-0.4, -0.2) is 29.8 Å². The first-order chi connectivity index (χ1) is 8.19. The van der Waals surface area contributed by atoms with Gasteiger partial charge in [0.15, 0.2) is 0 Å². The minimum atomic E-state index is -0.337. The molecule has 0 aliphatic carbocycles. The Hall–Kier alpha value is -2.04. The molecule has 0 radical (unpaired) electrons. The normalized spacial score (nSPS) is 14.1. The highest BCUT2D eigenvalue weighted by Gasteiger charge is 2.35. The van der Waals surface area contributed by atoms with Gasteiger partial charge in [-0.2, -0.15) is 4.91 Å². The van der Waals surface area contributed by atoms with E-state index in [0.29, 0.717) is 11.1 Å². The molecule has 2 amide bonds. The lowest BCUT2D eigenvalue weighted by Crippen LogP contribution is -2.31. The summed E-state index contributed by atoms with van der Waals surface area (Å²) >= 11 is 0. The van der Waals surface area contributed by atoms with Crippen LogP contribution >= 0.6 is 0 Å². The summed E-state index contributed by atoms with van der Waals surface area (Å²) in [6.45, 7) is 1.97. The van der Waals surface area contributed by atoms with Crippen molar-refractivity contribution >= 4 is 11.8 Å². The van der Waals surface area contributed by atoms with Gasteiger partial charge < -0.3 is 0 Å². The second-order valence-electron chi connectivity index (χ2n) is 3.85. The predicted molar refractivity (Wildman–Crippen MR) is 61.8 cm³/mol. The number of rotatable bonds is 4. The van der Waals surface area contributed by atoms with E-state index in [1.807, 2.05) is 13.0 Å². The summed E-state index contributed by atoms with van der Waals surface area (Å²) < 4.78 is 0. The molecule has 1 heterocycles. The summed E-state index contributed by atoms with van der Waals surface area (Å²) in [5.41, 5.74) is 1.86. The van der Waals surface area contributed by atoms with Gasteiger partial charge in [-0.25, -0.2) is 0 Å². The lowest BCUT2D eigenvalue weighted by Gasteiger charge is -2.10. The maximum absolute atomic E-state index is 11.9. The largest absolute Gasteiger partial charge is 0.272 e. The molecule has 0 unspecified atom stereocenters. The van der Waals surface area contributed by atoms with Crippen molar-refractivity contribution in [2.75, 3.05) is 13.1 Å². The Bertz CT molecular complexity index is 497. The van der Waals surface area contributed by atoms with Crippen molar-refractivity contribution in [3.63, 3.8) is 0 Å². The molecule has 0 bridgehead atoms. The molecule has 1 aliphatic heterocycles. The fourth-order valence-corrected chi connectivity index (χ4v) is 1.90. The van der Waals surface area contributed by atoms with Gasteiger partial charge in [0, 0.05) is 0 Å². The highest BCUT2D eigenvalue weighted by molar-refractivity contribution is 6.21. The average Bonchev–Trinajstić information content (AvgIpc) is 2.59. The first kappa shape index (κ1) is 11.4. The number of hydrogen-bond acceptors (Lipinski definition) is 4. The molecule has 17 heavy (non-hydrogen) atoms. The van der Waals surface area contributed by atoms with Crippen LogP contribution in [0.25, 0.3) is 0 Å². The number of carbonyl (C=O) groups excluding carboxylic acids is 2. The van der Waals surface area contributed by atoms with Crippen LogP contribution in [0.1, 0.15) is 33.2 Å². The third-order valence-corrected chi connectivity index (χ3v) is 2.86. The lowest BCUT2D eigenvalue weighted by atomic mass is 10.0. The zero-order valence-electron chi connectivity index (χ0n) is 9.47. The van der Waals surface area contributed by atoms with E-state index in [1.54, 1.807) is 12.1 Å². The first-order valence-electron chi connectivity index (χ1n) is 5.47.